The van der Waals surface area contributed by atoms with Gasteiger partial charge in [0.1, 0.15) is 11.6 Å². The Morgan fingerprint density at radius 3 is 2.50 bits per heavy atom. The third-order valence-electron chi connectivity index (χ3n) is 7.14. The summed E-state index contributed by atoms with van der Waals surface area (Å²) in [5.41, 5.74) is 0.439. The Kier molecular flexibility index (Phi) is 5.52. The monoisotopic (exact) mass is 445 g/mol. The van der Waals surface area contributed by atoms with Crippen molar-refractivity contribution in [2.45, 2.75) is 63.6 Å². The van der Waals surface area contributed by atoms with Crippen molar-refractivity contribution in [1.29, 1.82) is 0 Å². The van der Waals surface area contributed by atoms with Crippen LogP contribution in [0.1, 0.15) is 51.3 Å². The lowest BCUT2D eigenvalue weighted by Crippen LogP contribution is -2.47. The number of hydrogen-bond acceptors (Lipinski definition) is 5. The molecule has 0 saturated heterocycles. The first-order valence-corrected chi connectivity index (χ1v) is 12.3. The molecule has 1 amide bonds. The number of thioether (sulfide) groups is 1. The molecule has 2 aromatic rings. The van der Waals surface area contributed by atoms with Gasteiger partial charge in [0.15, 0.2) is 5.16 Å². The van der Waals surface area contributed by atoms with Crippen LogP contribution in [0.2, 0.25) is 5.02 Å². The molecule has 4 aliphatic rings. The van der Waals surface area contributed by atoms with Crippen molar-refractivity contribution in [2.75, 3.05) is 11.1 Å². The predicted octanol–water partition coefficient (Wildman–Crippen LogP) is 4.84. The molecule has 0 radical (unpaired) electrons. The third-order valence-corrected chi connectivity index (χ3v) is 8.33. The molecule has 2 heterocycles. The molecule has 8 heteroatoms. The molecule has 0 aromatic carbocycles. The summed E-state index contributed by atoms with van der Waals surface area (Å²) in [7, 11) is 0. The van der Waals surface area contributed by atoms with Crippen molar-refractivity contribution in [3.05, 3.63) is 29.2 Å². The van der Waals surface area contributed by atoms with Crippen LogP contribution < -0.4 is 5.32 Å². The Bertz CT molecular complexity index is 893. The van der Waals surface area contributed by atoms with E-state index < -0.39 is 0 Å². The van der Waals surface area contributed by atoms with Gasteiger partial charge in [-0.1, -0.05) is 23.4 Å². The molecule has 4 saturated carbocycles. The minimum Gasteiger partial charge on any atom is -0.310 e. The van der Waals surface area contributed by atoms with Crippen molar-refractivity contribution in [2.24, 2.45) is 23.2 Å². The normalized spacial score (nSPS) is 29.3. The van der Waals surface area contributed by atoms with E-state index in [1.54, 1.807) is 12.1 Å². The highest BCUT2D eigenvalue weighted by molar-refractivity contribution is 7.99. The summed E-state index contributed by atoms with van der Waals surface area (Å²) in [5, 5.41) is 13.2. The van der Waals surface area contributed by atoms with Gasteiger partial charge in [-0.15, -0.1) is 10.2 Å². The molecule has 4 fully saturated rings. The number of pyridine rings is 1. The van der Waals surface area contributed by atoms with Crippen molar-refractivity contribution < 1.29 is 4.79 Å². The Balaban J connectivity index is 1.23. The van der Waals surface area contributed by atoms with Gasteiger partial charge in [0.2, 0.25) is 5.91 Å². The lowest BCUT2D eigenvalue weighted by molar-refractivity contribution is -0.113. The molecule has 2 aromatic heterocycles. The first-order valence-electron chi connectivity index (χ1n) is 11.0. The fraction of sp³-hybridized carbons (Fsp3) is 0.636. The third kappa shape index (κ3) is 4.11. The Labute approximate surface area is 186 Å². The van der Waals surface area contributed by atoms with Gasteiger partial charge in [-0.3, -0.25) is 4.79 Å². The molecule has 0 aliphatic heterocycles. The van der Waals surface area contributed by atoms with Crippen LogP contribution in [0.3, 0.4) is 0 Å². The van der Waals surface area contributed by atoms with Crippen molar-refractivity contribution in [1.82, 2.24) is 19.7 Å². The van der Waals surface area contributed by atoms with Crippen molar-refractivity contribution in [3.8, 4) is 0 Å². The van der Waals surface area contributed by atoms with Crippen molar-refractivity contribution >= 4 is 35.1 Å². The first kappa shape index (κ1) is 20.3. The van der Waals surface area contributed by atoms with Crippen LogP contribution >= 0.6 is 23.4 Å². The lowest BCUT2D eigenvalue weighted by atomic mass is 9.49. The summed E-state index contributed by atoms with van der Waals surface area (Å²) < 4.78 is 2.21. The SMILES string of the molecule is CCn1c(CC23CC4CC(CC(C4)C2)C3)nnc1SCC(=O)Nc1ccc(Cl)cn1. The number of hydrogen-bond donors (Lipinski definition) is 1. The van der Waals surface area contributed by atoms with Crippen LogP contribution in [0.5, 0.6) is 0 Å². The molecule has 6 rings (SSSR count). The summed E-state index contributed by atoms with van der Waals surface area (Å²) >= 11 is 7.28. The molecular weight excluding hydrogens is 418 g/mol. The van der Waals surface area contributed by atoms with Crippen LogP contribution in [0.15, 0.2) is 23.5 Å². The zero-order chi connectivity index (χ0) is 20.7. The van der Waals surface area contributed by atoms with Gasteiger partial charge in [0, 0.05) is 19.2 Å². The van der Waals surface area contributed by atoms with Crippen LogP contribution in [-0.4, -0.2) is 31.4 Å². The Morgan fingerprint density at radius 1 is 1.20 bits per heavy atom. The Morgan fingerprint density at radius 2 is 1.90 bits per heavy atom. The van der Waals surface area contributed by atoms with E-state index in [1.165, 1.54) is 56.5 Å². The fourth-order valence-electron chi connectivity index (χ4n) is 6.47. The number of anilines is 1. The summed E-state index contributed by atoms with van der Waals surface area (Å²) in [6.07, 6.45) is 11.0. The average Bonchev–Trinajstić information content (AvgIpc) is 3.08. The van der Waals surface area contributed by atoms with E-state index in [-0.39, 0.29) is 11.7 Å². The highest BCUT2D eigenvalue weighted by Gasteiger charge is 2.51. The van der Waals surface area contributed by atoms with Gasteiger partial charge >= 0.3 is 0 Å². The number of halogens is 1. The molecule has 1 N–H and O–H groups in total. The number of carbonyl (C=O) groups excluding carboxylic acids is 1. The molecule has 0 atom stereocenters. The van der Waals surface area contributed by atoms with Crippen LogP contribution in [0.4, 0.5) is 5.82 Å². The smallest absolute Gasteiger partial charge is 0.236 e. The van der Waals surface area contributed by atoms with Gasteiger partial charge in [0.25, 0.3) is 0 Å². The zero-order valence-corrected chi connectivity index (χ0v) is 18.9. The maximum absolute atomic E-state index is 12.3. The van der Waals surface area contributed by atoms with Crippen molar-refractivity contribution in [3.63, 3.8) is 0 Å². The van der Waals surface area contributed by atoms with E-state index in [2.05, 4.69) is 32.0 Å². The number of aromatic nitrogens is 4. The van der Waals surface area contributed by atoms with E-state index in [0.29, 0.717) is 16.3 Å². The second kappa shape index (κ2) is 8.15. The summed E-state index contributed by atoms with van der Waals surface area (Å²) in [4.78, 5) is 16.4. The highest BCUT2D eigenvalue weighted by Crippen LogP contribution is 2.61. The minimum absolute atomic E-state index is 0.108. The van der Waals surface area contributed by atoms with Gasteiger partial charge in [-0.25, -0.2) is 4.98 Å². The molecule has 6 nitrogen and oxygen atoms in total. The summed E-state index contributed by atoms with van der Waals surface area (Å²) in [6.45, 7) is 2.96. The maximum Gasteiger partial charge on any atom is 0.236 e. The largest absolute Gasteiger partial charge is 0.310 e. The van der Waals surface area contributed by atoms with E-state index in [1.807, 2.05) is 0 Å². The van der Waals surface area contributed by atoms with Gasteiger partial charge in [-0.2, -0.15) is 0 Å². The number of nitrogens with one attached hydrogen (secondary N) is 1. The second-order valence-corrected chi connectivity index (χ2v) is 10.8. The van der Waals surface area contributed by atoms with Gasteiger partial charge in [-0.05, 0) is 80.8 Å². The topological polar surface area (TPSA) is 72.7 Å². The predicted molar refractivity (Wildman–Crippen MR) is 119 cm³/mol. The molecule has 0 unspecified atom stereocenters. The lowest BCUT2D eigenvalue weighted by Gasteiger charge is -2.56. The molecular formula is C22H28ClN5OS. The summed E-state index contributed by atoms with van der Waals surface area (Å²) in [5.74, 6) is 4.59. The average molecular weight is 446 g/mol. The van der Waals surface area contributed by atoms with E-state index in [9.17, 15) is 4.79 Å². The van der Waals surface area contributed by atoms with E-state index in [4.69, 9.17) is 11.6 Å². The van der Waals surface area contributed by atoms with Gasteiger partial charge in [0.05, 0.1) is 10.8 Å². The molecule has 0 spiro atoms. The number of nitrogens with zero attached hydrogens (tertiary/aromatic N) is 4. The molecule has 30 heavy (non-hydrogen) atoms. The molecule has 4 aliphatic carbocycles. The first-order chi connectivity index (χ1) is 14.5. The highest BCUT2D eigenvalue weighted by atomic mass is 35.5. The van der Waals surface area contributed by atoms with Crippen LogP contribution in [-0.2, 0) is 17.8 Å². The number of amides is 1. The minimum atomic E-state index is -0.108. The maximum atomic E-state index is 12.3. The standard InChI is InChI=1S/C22H28ClN5OS/c1-2-28-19(11-22-8-14-5-15(9-22)7-16(6-14)10-22)26-27-21(28)30-13-20(29)25-18-4-3-17(23)12-24-18/h3-4,12,14-16H,2,5-11,13H2,1H3,(H,24,25,29). The number of carbonyl (C=O) groups is 1. The molecule has 160 valence electrons. The summed E-state index contributed by atoms with van der Waals surface area (Å²) in [6, 6.07) is 3.41. The Hall–Kier alpha value is -1.60. The fourth-order valence-corrected chi connectivity index (χ4v) is 7.41. The zero-order valence-electron chi connectivity index (χ0n) is 17.3. The molecule has 4 bridgehead atoms. The number of rotatable bonds is 7. The second-order valence-electron chi connectivity index (χ2n) is 9.44. The quantitative estimate of drug-likeness (QED) is 0.617. The van der Waals surface area contributed by atoms with Crippen LogP contribution in [0.25, 0.3) is 0 Å². The van der Waals surface area contributed by atoms with E-state index in [0.717, 1.165) is 41.7 Å². The van der Waals surface area contributed by atoms with Crippen LogP contribution in [0, 0.1) is 23.2 Å². The van der Waals surface area contributed by atoms with E-state index >= 15 is 0 Å². The van der Waals surface area contributed by atoms with Gasteiger partial charge < -0.3 is 9.88 Å².